The van der Waals surface area contributed by atoms with Crippen LogP contribution in [0.1, 0.15) is 6.92 Å². The number of hydrogen-bond donors (Lipinski definition) is 2. The van der Waals surface area contributed by atoms with Crippen molar-refractivity contribution in [3.63, 3.8) is 0 Å². The smallest absolute Gasteiger partial charge is 0.265 e. The van der Waals surface area contributed by atoms with E-state index < -0.39 is 10.0 Å². The first kappa shape index (κ1) is 14.8. The average Bonchev–Trinajstić information content (AvgIpc) is 2.42. The third-order valence-electron chi connectivity index (χ3n) is 2.56. The third kappa shape index (κ3) is 3.29. The molecule has 0 spiro atoms. The first-order valence-electron chi connectivity index (χ1n) is 6.00. The Hall–Kier alpha value is -1.60. The van der Waals surface area contributed by atoms with Crippen LogP contribution in [0.15, 0.2) is 52.1 Å². The third-order valence-corrected chi connectivity index (χ3v) is 4.64. The Morgan fingerprint density at radius 2 is 1.95 bits per heavy atom. The van der Waals surface area contributed by atoms with Crippen LogP contribution in [0.5, 0.6) is 0 Å². The topological polar surface area (TPSA) is 71.1 Å². The Morgan fingerprint density at radius 3 is 2.65 bits per heavy atom. The van der Waals surface area contributed by atoms with Crippen molar-refractivity contribution in [3.05, 3.63) is 47.2 Å². The molecule has 106 valence electrons. The molecule has 0 fully saturated rings. The molecule has 1 aromatic heterocycles. The van der Waals surface area contributed by atoms with Crippen LogP contribution in [0.2, 0.25) is 0 Å². The SMILES string of the molecule is CCNc1ccncc1S(=O)(=O)Nc1ccccc1Br. The maximum atomic E-state index is 12.4. The van der Waals surface area contributed by atoms with E-state index in [1.807, 2.05) is 13.0 Å². The number of nitrogens with one attached hydrogen (secondary N) is 2. The summed E-state index contributed by atoms with van der Waals surface area (Å²) in [5.74, 6) is 0. The number of sulfonamides is 1. The standard InChI is InChI=1S/C13H14BrN3O2S/c1-2-16-12-7-8-15-9-13(12)20(18,19)17-11-6-4-3-5-10(11)14/h3-9,17H,2H2,1H3,(H,15,16). The lowest BCUT2D eigenvalue weighted by molar-refractivity contribution is 0.601. The van der Waals surface area contributed by atoms with Crippen molar-refractivity contribution in [3.8, 4) is 0 Å². The molecule has 0 saturated carbocycles. The van der Waals surface area contributed by atoms with Crippen molar-refractivity contribution in [1.82, 2.24) is 4.98 Å². The van der Waals surface area contributed by atoms with Gasteiger partial charge in [0.15, 0.2) is 0 Å². The van der Waals surface area contributed by atoms with Gasteiger partial charge in [-0.1, -0.05) is 12.1 Å². The van der Waals surface area contributed by atoms with Gasteiger partial charge in [-0.3, -0.25) is 9.71 Å². The van der Waals surface area contributed by atoms with Crippen LogP contribution in [0.4, 0.5) is 11.4 Å². The fraction of sp³-hybridized carbons (Fsp3) is 0.154. The predicted molar refractivity (Wildman–Crippen MR) is 83.4 cm³/mol. The van der Waals surface area contributed by atoms with Gasteiger partial charge < -0.3 is 5.32 Å². The number of aromatic nitrogens is 1. The van der Waals surface area contributed by atoms with E-state index in [2.05, 4.69) is 31.0 Å². The molecule has 0 radical (unpaired) electrons. The molecule has 0 aliphatic carbocycles. The molecule has 1 heterocycles. The van der Waals surface area contributed by atoms with Crippen LogP contribution in [-0.4, -0.2) is 19.9 Å². The minimum absolute atomic E-state index is 0.123. The molecular formula is C13H14BrN3O2S. The van der Waals surface area contributed by atoms with E-state index >= 15 is 0 Å². The summed E-state index contributed by atoms with van der Waals surface area (Å²) in [6.07, 6.45) is 2.88. The zero-order valence-corrected chi connectivity index (χ0v) is 13.2. The van der Waals surface area contributed by atoms with Gasteiger partial charge in [0.05, 0.1) is 11.4 Å². The summed E-state index contributed by atoms with van der Waals surface area (Å²) < 4.78 is 28.1. The molecule has 1 aromatic carbocycles. The quantitative estimate of drug-likeness (QED) is 0.864. The summed E-state index contributed by atoms with van der Waals surface area (Å²) in [4.78, 5) is 4.01. The number of pyridine rings is 1. The van der Waals surface area contributed by atoms with Crippen LogP contribution >= 0.6 is 15.9 Å². The number of halogens is 1. The molecule has 0 unspecified atom stereocenters. The molecule has 5 nitrogen and oxygen atoms in total. The molecule has 0 bridgehead atoms. The number of rotatable bonds is 5. The number of nitrogens with zero attached hydrogens (tertiary/aromatic N) is 1. The molecule has 0 atom stereocenters. The minimum Gasteiger partial charge on any atom is -0.384 e. The molecule has 2 rings (SSSR count). The molecule has 7 heteroatoms. The van der Waals surface area contributed by atoms with Crippen molar-refractivity contribution in [2.75, 3.05) is 16.6 Å². The molecule has 0 aliphatic heterocycles. The highest BCUT2D eigenvalue weighted by molar-refractivity contribution is 9.10. The van der Waals surface area contributed by atoms with Gasteiger partial charge in [-0.2, -0.15) is 0 Å². The maximum absolute atomic E-state index is 12.4. The highest BCUT2D eigenvalue weighted by Crippen LogP contribution is 2.26. The second-order valence-electron chi connectivity index (χ2n) is 3.99. The van der Waals surface area contributed by atoms with E-state index in [0.29, 0.717) is 22.4 Å². The summed E-state index contributed by atoms with van der Waals surface area (Å²) in [6, 6.07) is 8.67. The Balaban J connectivity index is 2.39. The van der Waals surface area contributed by atoms with E-state index in [0.717, 1.165) is 0 Å². The van der Waals surface area contributed by atoms with Crippen LogP contribution in [-0.2, 0) is 10.0 Å². The average molecular weight is 356 g/mol. The van der Waals surface area contributed by atoms with Crippen LogP contribution in [0.3, 0.4) is 0 Å². The van der Waals surface area contributed by atoms with Gasteiger partial charge in [0, 0.05) is 23.4 Å². The fourth-order valence-corrected chi connectivity index (χ4v) is 3.40. The van der Waals surface area contributed by atoms with Crippen molar-refractivity contribution in [2.24, 2.45) is 0 Å². The Kier molecular flexibility index (Phi) is 4.61. The van der Waals surface area contributed by atoms with Crippen LogP contribution in [0.25, 0.3) is 0 Å². The molecule has 0 amide bonds. The lowest BCUT2D eigenvalue weighted by Gasteiger charge is -2.13. The van der Waals surface area contributed by atoms with E-state index in [1.54, 1.807) is 30.5 Å². The normalized spacial score (nSPS) is 11.1. The second-order valence-corrected chi connectivity index (χ2v) is 6.49. The zero-order chi connectivity index (χ0) is 14.6. The second kappa shape index (κ2) is 6.23. The monoisotopic (exact) mass is 355 g/mol. The first-order chi connectivity index (χ1) is 9.54. The Bertz CT molecular complexity index is 704. The lowest BCUT2D eigenvalue weighted by atomic mass is 10.3. The summed E-state index contributed by atoms with van der Waals surface area (Å²) in [5.41, 5.74) is 1.01. The van der Waals surface area contributed by atoms with Gasteiger partial charge in [-0.15, -0.1) is 0 Å². The molecule has 0 saturated heterocycles. The van der Waals surface area contributed by atoms with Gasteiger partial charge in [0.25, 0.3) is 10.0 Å². The molecule has 2 N–H and O–H groups in total. The van der Waals surface area contributed by atoms with Gasteiger partial charge in [0.2, 0.25) is 0 Å². The Morgan fingerprint density at radius 1 is 1.20 bits per heavy atom. The summed E-state index contributed by atoms with van der Waals surface area (Å²) in [5, 5.41) is 3.01. The summed E-state index contributed by atoms with van der Waals surface area (Å²) in [6.45, 7) is 2.53. The maximum Gasteiger partial charge on any atom is 0.265 e. The van der Waals surface area contributed by atoms with Crippen molar-refractivity contribution in [1.29, 1.82) is 0 Å². The van der Waals surface area contributed by atoms with Crippen LogP contribution in [0, 0.1) is 0 Å². The largest absolute Gasteiger partial charge is 0.384 e. The van der Waals surface area contributed by atoms with E-state index in [-0.39, 0.29) is 4.90 Å². The van der Waals surface area contributed by atoms with Gasteiger partial charge in [-0.05, 0) is 41.1 Å². The summed E-state index contributed by atoms with van der Waals surface area (Å²) >= 11 is 3.31. The highest BCUT2D eigenvalue weighted by atomic mass is 79.9. The molecule has 2 aromatic rings. The molecule has 0 aliphatic rings. The van der Waals surface area contributed by atoms with E-state index in [1.165, 1.54) is 6.20 Å². The van der Waals surface area contributed by atoms with E-state index in [4.69, 9.17) is 0 Å². The van der Waals surface area contributed by atoms with Crippen LogP contribution < -0.4 is 10.0 Å². The van der Waals surface area contributed by atoms with E-state index in [9.17, 15) is 8.42 Å². The van der Waals surface area contributed by atoms with Gasteiger partial charge in [0.1, 0.15) is 4.90 Å². The fourth-order valence-electron chi connectivity index (χ4n) is 1.67. The highest BCUT2D eigenvalue weighted by Gasteiger charge is 2.19. The number of hydrogen-bond acceptors (Lipinski definition) is 4. The number of anilines is 2. The lowest BCUT2D eigenvalue weighted by Crippen LogP contribution is -2.16. The van der Waals surface area contributed by atoms with Gasteiger partial charge >= 0.3 is 0 Å². The zero-order valence-electron chi connectivity index (χ0n) is 10.8. The minimum atomic E-state index is -3.69. The Labute approximate surface area is 126 Å². The first-order valence-corrected chi connectivity index (χ1v) is 8.27. The number of para-hydroxylation sites is 1. The van der Waals surface area contributed by atoms with Crippen molar-refractivity contribution in [2.45, 2.75) is 11.8 Å². The molecule has 20 heavy (non-hydrogen) atoms. The summed E-state index contributed by atoms with van der Waals surface area (Å²) in [7, 11) is -3.69. The molecular weight excluding hydrogens is 342 g/mol. The van der Waals surface area contributed by atoms with Crippen molar-refractivity contribution >= 4 is 37.3 Å². The van der Waals surface area contributed by atoms with Crippen molar-refractivity contribution < 1.29 is 8.42 Å². The van der Waals surface area contributed by atoms with Gasteiger partial charge in [-0.25, -0.2) is 8.42 Å². The number of benzene rings is 1. The predicted octanol–water partition coefficient (Wildman–Crippen LogP) is 3.08.